The quantitative estimate of drug-likeness (QED) is 0.740. The van der Waals surface area contributed by atoms with Crippen LogP contribution in [0.3, 0.4) is 0 Å². The first-order valence-electron chi connectivity index (χ1n) is 9.06. The maximum absolute atomic E-state index is 12.1. The molecule has 1 heterocycles. The molecule has 0 bridgehead atoms. The first kappa shape index (κ1) is 17.3. The van der Waals surface area contributed by atoms with Crippen LogP contribution in [0.2, 0.25) is 0 Å². The minimum Gasteiger partial charge on any atom is -0.364 e. The zero-order chi connectivity index (χ0) is 17.5. The summed E-state index contributed by atoms with van der Waals surface area (Å²) in [6.07, 6.45) is 7.51. The summed E-state index contributed by atoms with van der Waals surface area (Å²) >= 11 is 0. The van der Waals surface area contributed by atoms with Gasteiger partial charge < -0.3 is 16.0 Å². The fraction of sp³-hybridized carbons (Fsp3) is 0.400. The van der Waals surface area contributed by atoms with Crippen LogP contribution >= 0.6 is 0 Å². The van der Waals surface area contributed by atoms with Crippen molar-refractivity contribution in [2.24, 2.45) is 0 Å². The Hall–Kier alpha value is -2.56. The Morgan fingerprint density at radius 3 is 2.52 bits per heavy atom. The number of hydrogen-bond acceptors (Lipinski definition) is 3. The molecule has 5 nitrogen and oxygen atoms in total. The van der Waals surface area contributed by atoms with Crippen LogP contribution < -0.4 is 16.0 Å². The van der Waals surface area contributed by atoms with Crippen LogP contribution in [0.15, 0.2) is 48.7 Å². The fourth-order valence-electron chi connectivity index (χ4n) is 3.20. The number of urea groups is 1. The summed E-state index contributed by atoms with van der Waals surface area (Å²) in [7, 11) is 0. The second-order valence-corrected chi connectivity index (χ2v) is 6.64. The topological polar surface area (TPSA) is 66.0 Å². The molecule has 25 heavy (non-hydrogen) atoms. The van der Waals surface area contributed by atoms with Crippen molar-refractivity contribution in [3.8, 4) is 0 Å². The molecule has 1 unspecified atom stereocenters. The van der Waals surface area contributed by atoms with E-state index in [-0.39, 0.29) is 12.1 Å². The monoisotopic (exact) mass is 338 g/mol. The van der Waals surface area contributed by atoms with Gasteiger partial charge >= 0.3 is 6.03 Å². The lowest BCUT2D eigenvalue weighted by molar-refractivity contribution is 0.244. The van der Waals surface area contributed by atoms with Gasteiger partial charge in [0, 0.05) is 12.1 Å². The maximum atomic E-state index is 12.1. The summed E-state index contributed by atoms with van der Waals surface area (Å²) in [5.74, 6) is 0.787. The number of rotatable bonds is 5. The molecule has 132 valence electrons. The minimum atomic E-state index is -0.146. The molecule has 1 fully saturated rings. The molecule has 0 radical (unpaired) electrons. The first-order chi connectivity index (χ1) is 12.2. The molecule has 0 spiro atoms. The standard InChI is InChI=1S/C20H26N4O/c1-15(16-8-4-2-5-9-16)22-19-13-12-18(14-21-19)24-20(25)23-17-10-6-3-7-11-17/h2,4-5,8-9,12-15,17H,3,6-7,10-11H2,1H3,(H,21,22)(H2,23,24,25). The fourth-order valence-corrected chi connectivity index (χ4v) is 3.20. The van der Waals surface area contributed by atoms with Crippen molar-refractivity contribution in [1.82, 2.24) is 10.3 Å². The lowest BCUT2D eigenvalue weighted by Gasteiger charge is -2.22. The molecular formula is C20H26N4O. The van der Waals surface area contributed by atoms with Crippen LogP contribution in [-0.2, 0) is 0 Å². The molecule has 2 amide bonds. The zero-order valence-electron chi connectivity index (χ0n) is 14.7. The van der Waals surface area contributed by atoms with Gasteiger partial charge in [-0.25, -0.2) is 9.78 Å². The van der Waals surface area contributed by atoms with Gasteiger partial charge in [0.25, 0.3) is 0 Å². The SMILES string of the molecule is CC(Nc1ccc(NC(=O)NC2CCCCC2)cn1)c1ccccc1. The highest BCUT2D eigenvalue weighted by atomic mass is 16.2. The van der Waals surface area contributed by atoms with E-state index in [4.69, 9.17) is 0 Å². The van der Waals surface area contributed by atoms with Gasteiger partial charge in [-0.05, 0) is 37.5 Å². The summed E-state index contributed by atoms with van der Waals surface area (Å²) in [4.78, 5) is 16.5. The van der Waals surface area contributed by atoms with Crippen molar-refractivity contribution < 1.29 is 4.79 Å². The number of benzene rings is 1. The van der Waals surface area contributed by atoms with Crippen LogP contribution in [0.25, 0.3) is 0 Å². The number of nitrogens with one attached hydrogen (secondary N) is 3. The van der Waals surface area contributed by atoms with E-state index >= 15 is 0 Å². The third-order valence-corrected chi connectivity index (χ3v) is 4.63. The first-order valence-corrected chi connectivity index (χ1v) is 9.06. The van der Waals surface area contributed by atoms with Gasteiger partial charge in [-0.2, -0.15) is 0 Å². The molecule has 3 rings (SSSR count). The van der Waals surface area contributed by atoms with Gasteiger partial charge in [0.1, 0.15) is 5.82 Å². The van der Waals surface area contributed by atoms with Gasteiger partial charge in [-0.1, -0.05) is 49.6 Å². The van der Waals surface area contributed by atoms with Crippen molar-refractivity contribution in [2.75, 3.05) is 10.6 Å². The second kappa shape index (κ2) is 8.51. The van der Waals surface area contributed by atoms with E-state index in [2.05, 4.69) is 40.0 Å². The van der Waals surface area contributed by atoms with Gasteiger partial charge in [0.2, 0.25) is 0 Å². The molecule has 2 aromatic rings. The molecule has 1 atom stereocenters. The highest BCUT2D eigenvalue weighted by Gasteiger charge is 2.15. The van der Waals surface area contributed by atoms with Crippen LogP contribution in [0.1, 0.15) is 50.6 Å². The second-order valence-electron chi connectivity index (χ2n) is 6.64. The van der Waals surface area contributed by atoms with E-state index in [0.29, 0.717) is 11.7 Å². The number of hydrogen-bond donors (Lipinski definition) is 3. The Morgan fingerprint density at radius 2 is 1.84 bits per heavy atom. The van der Waals surface area contributed by atoms with E-state index in [1.165, 1.54) is 24.8 Å². The molecule has 3 N–H and O–H groups in total. The highest BCUT2D eigenvalue weighted by molar-refractivity contribution is 5.89. The van der Waals surface area contributed by atoms with Crippen LogP contribution in [0, 0.1) is 0 Å². The average Bonchev–Trinajstić information content (AvgIpc) is 2.65. The summed E-state index contributed by atoms with van der Waals surface area (Å²) in [5, 5.41) is 9.27. The molecule has 1 aliphatic carbocycles. The number of nitrogens with zero attached hydrogens (tertiary/aromatic N) is 1. The number of anilines is 2. The molecular weight excluding hydrogens is 312 g/mol. The van der Waals surface area contributed by atoms with Crippen LogP contribution in [0.5, 0.6) is 0 Å². The Kier molecular flexibility index (Phi) is 5.88. The molecule has 0 aliphatic heterocycles. The summed E-state index contributed by atoms with van der Waals surface area (Å²) in [6, 6.07) is 14.3. The van der Waals surface area contributed by atoms with Crippen LogP contribution in [0.4, 0.5) is 16.3 Å². The minimum absolute atomic E-state index is 0.146. The number of pyridine rings is 1. The Morgan fingerprint density at radius 1 is 1.08 bits per heavy atom. The predicted octanol–water partition coefficient (Wildman–Crippen LogP) is 4.71. The number of amides is 2. The largest absolute Gasteiger partial charge is 0.364 e. The van der Waals surface area contributed by atoms with E-state index in [1.807, 2.05) is 30.3 Å². The number of carbonyl (C=O) groups excluding carboxylic acids is 1. The third kappa shape index (κ3) is 5.21. The maximum Gasteiger partial charge on any atom is 0.319 e. The third-order valence-electron chi connectivity index (χ3n) is 4.63. The van der Waals surface area contributed by atoms with Crippen molar-refractivity contribution in [2.45, 2.75) is 51.1 Å². The van der Waals surface area contributed by atoms with E-state index in [1.54, 1.807) is 6.20 Å². The summed E-state index contributed by atoms with van der Waals surface area (Å²) in [5.41, 5.74) is 1.91. The molecule has 5 heteroatoms. The van der Waals surface area contributed by atoms with Crippen LogP contribution in [-0.4, -0.2) is 17.1 Å². The predicted molar refractivity (Wildman–Crippen MR) is 102 cm³/mol. The van der Waals surface area contributed by atoms with Crippen molar-refractivity contribution in [3.05, 3.63) is 54.2 Å². The van der Waals surface area contributed by atoms with Crippen molar-refractivity contribution >= 4 is 17.5 Å². The Balaban J connectivity index is 1.50. The molecule has 0 saturated heterocycles. The number of aromatic nitrogens is 1. The molecule has 1 aromatic heterocycles. The van der Waals surface area contributed by atoms with Crippen molar-refractivity contribution in [3.63, 3.8) is 0 Å². The molecule has 1 aromatic carbocycles. The Bertz CT molecular complexity index is 666. The van der Waals surface area contributed by atoms with E-state index in [9.17, 15) is 4.79 Å². The van der Waals surface area contributed by atoms with Gasteiger partial charge in [-0.15, -0.1) is 0 Å². The van der Waals surface area contributed by atoms with Gasteiger partial charge in [0.15, 0.2) is 0 Å². The van der Waals surface area contributed by atoms with Gasteiger partial charge in [-0.3, -0.25) is 0 Å². The van der Waals surface area contributed by atoms with Crippen molar-refractivity contribution in [1.29, 1.82) is 0 Å². The normalized spacial score (nSPS) is 16.0. The smallest absolute Gasteiger partial charge is 0.319 e. The summed E-state index contributed by atoms with van der Waals surface area (Å²) < 4.78 is 0. The van der Waals surface area contributed by atoms with E-state index < -0.39 is 0 Å². The highest BCUT2D eigenvalue weighted by Crippen LogP contribution is 2.19. The average molecular weight is 338 g/mol. The number of carbonyl (C=O) groups is 1. The molecule has 1 aliphatic rings. The Labute approximate surface area is 149 Å². The van der Waals surface area contributed by atoms with Gasteiger partial charge in [0.05, 0.1) is 11.9 Å². The lowest BCUT2D eigenvalue weighted by Crippen LogP contribution is -2.39. The van der Waals surface area contributed by atoms with E-state index in [0.717, 1.165) is 18.7 Å². The zero-order valence-corrected chi connectivity index (χ0v) is 14.7. The lowest BCUT2D eigenvalue weighted by atomic mass is 9.96. The molecule has 1 saturated carbocycles. The summed E-state index contributed by atoms with van der Waals surface area (Å²) in [6.45, 7) is 2.10.